The van der Waals surface area contributed by atoms with Crippen LogP contribution in [0.25, 0.3) is 0 Å². The summed E-state index contributed by atoms with van der Waals surface area (Å²) in [6, 6.07) is 1.47. The average molecular weight is 268 g/mol. The summed E-state index contributed by atoms with van der Waals surface area (Å²) in [5, 5.41) is 18.7. The molecule has 0 spiro atoms. The van der Waals surface area contributed by atoms with Crippen LogP contribution in [0.2, 0.25) is 0 Å². The highest BCUT2D eigenvalue weighted by molar-refractivity contribution is 5.29. The van der Waals surface area contributed by atoms with Gasteiger partial charge in [0, 0.05) is 45.3 Å². The van der Waals surface area contributed by atoms with Gasteiger partial charge in [0.1, 0.15) is 11.5 Å². The van der Waals surface area contributed by atoms with Crippen LogP contribution in [0.4, 0.5) is 0 Å². The van der Waals surface area contributed by atoms with Crippen molar-refractivity contribution in [1.82, 2.24) is 9.80 Å². The third-order valence-electron chi connectivity index (χ3n) is 3.41. The Labute approximate surface area is 111 Å². The van der Waals surface area contributed by atoms with Gasteiger partial charge in [-0.1, -0.05) is 0 Å². The van der Waals surface area contributed by atoms with Gasteiger partial charge >= 0.3 is 5.63 Å². The first-order valence-corrected chi connectivity index (χ1v) is 6.48. The first kappa shape index (κ1) is 14.0. The standard InChI is InChI=1S/C13H20N2O4/c1-10-8-12(17)11(13(18)19-10)9-15-4-2-14(3-5-15)6-7-16/h8,16-17H,2-7,9H2,1H3. The molecule has 0 bridgehead atoms. The largest absolute Gasteiger partial charge is 0.507 e. The van der Waals surface area contributed by atoms with Crippen LogP contribution in [0.1, 0.15) is 11.3 Å². The first-order chi connectivity index (χ1) is 9.10. The third-order valence-corrected chi connectivity index (χ3v) is 3.41. The molecule has 0 aliphatic carbocycles. The zero-order chi connectivity index (χ0) is 13.8. The molecule has 0 saturated carbocycles. The Morgan fingerprint density at radius 3 is 2.47 bits per heavy atom. The van der Waals surface area contributed by atoms with E-state index < -0.39 is 5.63 Å². The Morgan fingerprint density at radius 1 is 1.26 bits per heavy atom. The maximum atomic E-state index is 11.7. The average Bonchev–Trinajstić information content (AvgIpc) is 2.36. The molecule has 0 unspecified atom stereocenters. The molecule has 2 N–H and O–H groups in total. The van der Waals surface area contributed by atoms with Crippen LogP contribution >= 0.6 is 0 Å². The van der Waals surface area contributed by atoms with Crippen LogP contribution in [0.15, 0.2) is 15.3 Å². The molecule has 1 saturated heterocycles. The van der Waals surface area contributed by atoms with Crippen LogP contribution < -0.4 is 5.63 Å². The van der Waals surface area contributed by atoms with E-state index in [0.29, 0.717) is 24.4 Å². The Bertz CT molecular complexity index is 478. The maximum Gasteiger partial charge on any atom is 0.344 e. The fourth-order valence-corrected chi connectivity index (χ4v) is 2.30. The highest BCUT2D eigenvalue weighted by Crippen LogP contribution is 2.17. The van der Waals surface area contributed by atoms with E-state index in [-0.39, 0.29) is 12.4 Å². The lowest BCUT2D eigenvalue weighted by Crippen LogP contribution is -2.47. The van der Waals surface area contributed by atoms with Crippen molar-refractivity contribution in [2.75, 3.05) is 39.3 Å². The summed E-state index contributed by atoms with van der Waals surface area (Å²) in [6.45, 7) is 6.24. The van der Waals surface area contributed by atoms with Gasteiger partial charge < -0.3 is 14.6 Å². The van der Waals surface area contributed by atoms with Crippen molar-refractivity contribution in [3.05, 3.63) is 27.8 Å². The van der Waals surface area contributed by atoms with Gasteiger partial charge in [-0.2, -0.15) is 0 Å². The molecule has 0 radical (unpaired) electrons. The van der Waals surface area contributed by atoms with Crippen LogP contribution in [-0.4, -0.2) is 59.3 Å². The second kappa shape index (κ2) is 6.18. The number of β-amino-alcohol motifs (C(OH)–C–C–N with tert-alkyl or cyclic N) is 1. The van der Waals surface area contributed by atoms with Gasteiger partial charge in [0.2, 0.25) is 0 Å². The fourth-order valence-electron chi connectivity index (χ4n) is 2.30. The molecule has 19 heavy (non-hydrogen) atoms. The van der Waals surface area contributed by atoms with Crippen LogP contribution in [0.3, 0.4) is 0 Å². The van der Waals surface area contributed by atoms with Crippen molar-refractivity contribution in [2.24, 2.45) is 0 Å². The molecule has 1 aromatic heterocycles. The number of aryl methyl sites for hydroxylation is 1. The molecule has 0 amide bonds. The predicted molar refractivity (Wildman–Crippen MR) is 70.2 cm³/mol. The Kier molecular flexibility index (Phi) is 4.57. The number of aliphatic hydroxyl groups is 1. The number of rotatable bonds is 4. The monoisotopic (exact) mass is 268 g/mol. The fraction of sp³-hybridized carbons (Fsp3) is 0.615. The number of hydrogen-bond donors (Lipinski definition) is 2. The van der Waals surface area contributed by atoms with Gasteiger partial charge in [0.25, 0.3) is 0 Å². The summed E-state index contributed by atoms with van der Waals surface area (Å²) in [5.74, 6) is 0.422. The summed E-state index contributed by atoms with van der Waals surface area (Å²) in [5.41, 5.74) is -0.142. The number of hydrogen-bond acceptors (Lipinski definition) is 6. The van der Waals surface area contributed by atoms with E-state index in [0.717, 1.165) is 26.2 Å². The van der Waals surface area contributed by atoms with Crippen molar-refractivity contribution in [2.45, 2.75) is 13.5 Å². The molecule has 6 nitrogen and oxygen atoms in total. The predicted octanol–water partition coefficient (Wildman–Crippen LogP) is -0.236. The van der Waals surface area contributed by atoms with E-state index in [1.165, 1.54) is 6.07 Å². The van der Waals surface area contributed by atoms with Crippen molar-refractivity contribution in [1.29, 1.82) is 0 Å². The lowest BCUT2D eigenvalue weighted by atomic mass is 10.2. The molecule has 1 aromatic rings. The molecule has 6 heteroatoms. The smallest absolute Gasteiger partial charge is 0.344 e. The number of aliphatic hydroxyl groups excluding tert-OH is 1. The maximum absolute atomic E-state index is 11.7. The summed E-state index contributed by atoms with van der Waals surface area (Å²) < 4.78 is 5.00. The van der Waals surface area contributed by atoms with Gasteiger partial charge in [-0.05, 0) is 6.92 Å². The molecule has 106 valence electrons. The summed E-state index contributed by atoms with van der Waals surface area (Å²) in [7, 11) is 0. The van der Waals surface area contributed by atoms with E-state index in [9.17, 15) is 9.90 Å². The van der Waals surface area contributed by atoms with Gasteiger partial charge in [-0.25, -0.2) is 4.79 Å². The zero-order valence-corrected chi connectivity index (χ0v) is 11.1. The van der Waals surface area contributed by atoms with Gasteiger partial charge in [0.05, 0.1) is 12.2 Å². The normalized spacial score (nSPS) is 17.8. The Balaban J connectivity index is 1.98. The highest BCUT2D eigenvalue weighted by Gasteiger charge is 2.19. The molecule has 2 rings (SSSR count). The second-order valence-corrected chi connectivity index (χ2v) is 4.85. The van der Waals surface area contributed by atoms with Crippen LogP contribution in [-0.2, 0) is 6.54 Å². The molecule has 1 fully saturated rings. The molecule has 1 aliphatic rings. The number of nitrogens with zero attached hydrogens (tertiary/aromatic N) is 2. The van der Waals surface area contributed by atoms with E-state index in [1.807, 2.05) is 0 Å². The van der Waals surface area contributed by atoms with Crippen molar-refractivity contribution in [3.8, 4) is 5.75 Å². The topological polar surface area (TPSA) is 77.1 Å². The first-order valence-electron chi connectivity index (χ1n) is 6.48. The number of piperazine rings is 1. The lowest BCUT2D eigenvalue weighted by molar-refractivity contribution is 0.107. The SMILES string of the molecule is Cc1cc(O)c(CN2CCN(CCO)CC2)c(=O)o1. The van der Waals surface area contributed by atoms with Crippen molar-refractivity contribution >= 4 is 0 Å². The third kappa shape index (κ3) is 3.56. The van der Waals surface area contributed by atoms with Gasteiger partial charge in [0.15, 0.2) is 0 Å². The van der Waals surface area contributed by atoms with Crippen molar-refractivity contribution < 1.29 is 14.6 Å². The molecule has 2 heterocycles. The van der Waals surface area contributed by atoms with E-state index in [1.54, 1.807) is 6.92 Å². The lowest BCUT2D eigenvalue weighted by Gasteiger charge is -2.34. The summed E-state index contributed by atoms with van der Waals surface area (Å²) >= 11 is 0. The second-order valence-electron chi connectivity index (χ2n) is 4.85. The molecular weight excluding hydrogens is 248 g/mol. The minimum atomic E-state index is -0.463. The van der Waals surface area contributed by atoms with E-state index >= 15 is 0 Å². The van der Waals surface area contributed by atoms with E-state index in [2.05, 4.69) is 9.80 Å². The quantitative estimate of drug-likeness (QED) is 0.785. The minimum Gasteiger partial charge on any atom is -0.507 e. The summed E-state index contributed by atoms with van der Waals surface area (Å²) in [4.78, 5) is 16.0. The zero-order valence-electron chi connectivity index (χ0n) is 11.1. The highest BCUT2D eigenvalue weighted by atomic mass is 16.4. The minimum absolute atomic E-state index is 0.00605. The van der Waals surface area contributed by atoms with Crippen LogP contribution in [0.5, 0.6) is 5.75 Å². The molecule has 0 aromatic carbocycles. The summed E-state index contributed by atoms with van der Waals surface area (Å²) in [6.07, 6.45) is 0. The molecule has 0 atom stereocenters. The van der Waals surface area contributed by atoms with Crippen molar-refractivity contribution in [3.63, 3.8) is 0 Å². The Morgan fingerprint density at radius 2 is 1.89 bits per heavy atom. The van der Waals surface area contributed by atoms with Gasteiger partial charge in [-0.3, -0.25) is 9.80 Å². The van der Waals surface area contributed by atoms with Crippen LogP contribution in [0, 0.1) is 6.92 Å². The van der Waals surface area contributed by atoms with Gasteiger partial charge in [-0.15, -0.1) is 0 Å². The van der Waals surface area contributed by atoms with E-state index in [4.69, 9.17) is 9.52 Å². The molecule has 1 aliphatic heterocycles. The Hall–Kier alpha value is -1.37. The number of aromatic hydroxyl groups is 1. The molecular formula is C13H20N2O4.